The molecule has 0 spiro atoms. The van der Waals surface area contributed by atoms with E-state index in [1.807, 2.05) is 40.7 Å². The van der Waals surface area contributed by atoms with Gasteiger partial charge in [-0.25, -0.2) is 4.79 Å². The Morgan fingerprint density at radius 2 is 1.04 bits per heavy atom. The van der Waals surface area contributed by atoms with Gasteiger partial charge in [0.1, 0.15) is 61.5 Å². The minimum atomic E-state index is -0.907. The van der Waals surface area contributed by atoms with Crippen LogP contribution in [-0.4, -0.2) is 204 Å². The van der Waals surface area contributed by atoms with Gasteiger partial charge in [-0.3, -0.25) is 0 Å². The molecule has 6 heterocycles. The van der Waals surface area contributed by atoms with Gasteiger partial charge < -0.3 is 85.6 Å². The Balaban J connectivity index is 1.02. The number of benzene rings is 1. The molecule has 0 amide bonds. The van der Waals surface area contributed by atoms with Crippen LogP contribution in [0.3, 0.4) is 0 Å². The second-order valence-electron chi connectivity index (χ2n) is 19.7. The fourth-order valence-corrected chi connectivity index (χ4v) is 11.0. The smallest absolute Gasteiger partial charge is 0.338 e. The molecule has 71 heavy (non-hydrogen) atoms. The van der Waals surface area contributed by atoms with E-state index in [9.17, 15) is 15.4 Å². The molecule has 402 valence electrons. The van der Waals surface area contributed by atoms with E-state index in [1.54, 1.807) is 59.8 Å². The standard InChI is InChI=1S/C49H77N3O19/c1-23-25(3)45(63-30(36(23)53)21-61-44(54)29-16-14-13-15-17-29)68-38-27(5)40(58-10)48(66-32(38)19-56-8)70-37-24(2)26(4)46(64-31(37)18-55-7)69-39-28(6)41(59-11)49(67-33(39)20-57-9)71-42-34-22-62-47(65-34)35(51-52-50)43(42)60-12/h13-17,23-28,30-43,45-49,53H,18-22H2,1-12H3/t23-,24?,25?,26?,27+,28?,30?,31+,32?,33+,34?,35?,36+,37+,38+,39+,40?,41?,42+,43+,45+,46-,47-,48+,49+/m1/s1. The zero-order chi connectivity index (χ0) is 51.1. The number of hydrogen-bond donors (Lipinski definition) is 1. The van der Waals surface area contributed by atoms with Crippen LogP contribution in [0.25, 0.3) is 10.4 Å². The lowest BCUT2D eigenvalue weighted by Gasteiger charge is -2.52. The highest BCUT2D eigenvalue weighted by Crippen LogP contribution is 2.43. The van der Waals surface area contributed by atoms with Gasteiger partial charge in [-0.15, -0.1) is 0 Å². The summed E-state index contributed by atoms with van der Waals surface area (Å²) >= 11 is 0. The van der Waals surface area contributed by atoms with E-state index >= 15 is 0 Å². The average Bonchev–Trinajstić information content (AvgIpc) is 3.81. The van der Waals surface area contributed by atoms with Gasteiger partial charge in [0, 0.05) is 71.2 Å². The van der Waals surface area contributed by atoms with E-state index in [-0.39, 0.29) is 68.5 Å². The number of aliphatic hydroxyl groups is 1. The molecule has 0 aromatic heterocycles. The minimum absolute atomic E-state index is 0.161. The lowest BCUT2D eigenvalue weighted by Crippen LogP contribution is -2.63. The number of aliphatic hydroxyl groups excluding tert-OH is 1. The molecule has 0 radical (unpaired) electrons. The number of methoxy groups -OCH3 is 6. The number of ether oxygens (including phenoxy) is 17. The van der Waals surface area contributed by atoms with Crippen LogP contribution in [0.5, 0.6) is 0 Å². The van der Waals surface area contributed by atoms with Gasteiger partial charge in [0.05, 0.1) is 62.5 Å². The van der Waals surface area contributed by atoms with E-state index < -0.39 is 123 Å². The molecule has 6 aliphatic rings. The predicted molar refractivity (Wildman–Crippen MR) is 247 cm³/mol. The topological polar surface area (TPSA) is 243 Å². The Morgan fingerprint density at radius 1 is 0.577 bits per heavy atom. The van der Waals surface area contributed by atoms with E-state index in [0.717, 1.165) is 0 Å². The van der Waals surface area contributed by atoms with Gasteiger partial charge in [0.25, 0.3) is 0 Å². The highest BCUT2D eigenvalue weighted by Gasteiger charge is 2.57. The molecule has 7 rings (SSSR count). The first-order valence-electron chi connectivity index (χ1n) is 24.7. The van der Waals surface area contributed by atoms with Gasteiger partial charge in [-0.1, -0.05) is 64.9 Å². The van der Waals surface area contributed by atoms with Crippen molar-refractivity contribution in [3.05, 3.63) is 46.3 Å². The maximum atomic E-state index is 12.8. The zero-order valence-electron chi connectivity index (χ0n) is 43.0. The molecule has 1 N–H and O–H groups in total. The van der Waals surface area contributed by atoms with Crippen molar-refractivity contribution < 1.29 is 90.4 Å². The Hall–Kier alpha value is -2.68. The Morgan fingerprint density at radius 3 is 1.55 bits per heavy atom. The quantitative estimate of drug-likeness (QED) is 0.0795. The number of carbonyl (C=O) groups is 1. The van der Waals surface area contributed by atoms with E-state index in [2.05, 4.69) is 16.9 Å². The third-order valence-corrected chi connectivity index (χ3v) is 15.5. The summed E-state index contributed by atoms with van der Waals surface area (Å²) in [5, 5.41) is 15.1. The van der Waals surface area contributed by atoms with E-state index in [0.29, 0.717) is 5.56 Å². The fourth-order valence-electron chi connectivity index (χ4n) is 11.0. The summed E-state index contributed by atoms with van der Waals surface area (Å²) in [4.78, 5) is 15.8. The highest BCUT2D eigenvalue weighted by atomic mass is 16.8. The molecule has 25 atom stereocenters. The number of carbonyl (C=O) groups excluding carboxylic acids is 1. The molecule has 2 bridgehead atoms. The molecule has 6 fully saturated rings. The Kier molecular flexibility index (Phi) is 20.3. The van der Waals surface area contributed by atoms with Crippen molar-refractivity contribution in [1.82, 2.24) is 0 Å². The molecule has 22 nitrogen and oxygen atoms in total. The van der Waals surface area contributed by atoms with E-state index in [1.165, 1.54) is 7.11 Å². The van der Waals surface area contributed by atoms with Gasteiger partial charge in [-0.05, 0) is 29.5 Å². The van der Waals surface area contributed by atoms with Crippen molar-refractivity contribution in [1.29, 1.82) is 0 Å². The number of azide groups is 1. The van der Waals surface area contributed by atoms with Crippen LogP contribution in [0.4, 0.5) is 0 Å². The van der Waals surface area contributed by atoms with Crippen LogP contribution in [0.2, 0.25) is 0 Å². The van der Waals surface area contributed by atoms with Crippen LogP contribution in [0.15, 0.2) is 35.4 Å². The first-order valence-corrected chi connectivity index (χ1v) is 24.7. The second-order valence-corrected chi connectivity index (χ2v) is 19.7. The summed E-state index contributed by atoms with van der Waals surface area (Å²) in [6.45, 7) is 12.6. The Bertz CT molecular complexity index is 1850. The van der Waals surface area contributed by atoms with Crippen LogP contribution >= 0.6 is 0 Å². The minimum Gasteiger partial charge on any atom is -0.459 e. The summed E-state index contributed by atoms with van der Waals surface area (Å²) in [5.74, 6) is -2.01. The average molecular weight is 1010 g/mol. The third-order valence-electron chi connectivity index (χ3n) is 15.5. The van der Waals surface area contributed by atoms with Crippen LogP contribution in [0.1, 0.15) is 51.9 Å². The third kappa shape index (κ3) is 12.2. The first kappa shape index (κ1) is 56.1. The first-order chi connectivity index (χ1) is 34.2. The van der Waals surface area contributed by atoms with Crippen LogP contribution < -0.4 is 0 Å². The molecule has 22 heteroatoms. The van der Waals surface area contributed by atoms with Gasteiger partial charge in [0.2, 0.25) is 0 Å². The maximum absolute atomic E-state index is 12.8. The number of rotatable bonds is 21. The molecule has 10 unspecified atom stereocenters. The number of fused-ring (bicyclic) bond motifs is 2. The van der Waals surface area contributed by atoms with Crippen molar-refractivity contribution in [2.75, 3.05) is 75.7 Å². The highest BCUT2D eigenvalue weighted by molar-refractivity contribution is 5.89. The molecular weight excluding hydrogens is 935 g/mol. The van der Waals surface area contributed by atoms with Gasteiger partial charge >= 0.3 is 5.97 Å². The van der Waals surface area contributed by atoms with Crippen LogP contribution in [0, 0.1) is 35.5 Å². The number of esters is 1. The van der Waals surface area contributed by atoms with Crippen molar-refractivity contribution in [3.63, 3.8) is 0 Å². The summed E-state index contributed by atoms with van der Waals surface area (Å²) in [6, 6.07) is 7.88. The summed E-state index contributed by atoms with van der Waals surface area (Å²) in [7, 11) is 9.50. The monoisotopic (exact) mass is 1010 g/mol. The SMILES string of the molecule is COCC1O[C@@H](O[C@H]2C(C)C(C)[C@@H](O[C@H]3C(C)C(OC)[C@H](O[C@H]4C5CO[C@H](O5)C(N=[N+]=[N-])[C@@H]4OC)O[C@H]3COC)O[C@H]2COC)C(OC)[C@@H](C)[C@@H]1O[C@@H]1OC(COC(=O)c2ccccc2)[C@@H](O)[C@H](C)C1C. The molecule has 1 aromatic rings. The molecule has 1 aromatic carbocycles. The zero-order valence-corrected chi connectivity index (χ0v) is 43.0. The largest absolute Gasteiger partial charge is 0.459 e. The second kappa shape index (κ2) is 25.7. The normalized spacial score (nSPS) is 44.7. The fraction of sp³-hybridized carbons (Fsp3) is 0.857. The van der Waals surface area contributed by atoms with E-state index in [4.69, 9.17) is 80.5 Å². The summed E-state index contributed by atoms with van der Waals surface area (Å²) < 4.78 is 106. The molecule has 0 aliphatic carbocycles. The number of hydrogen-bond acceptors (Lipinski definition) is 20. The summed E-state index contributed by atoms with van der Waals surface area (Å²) in [5.41, 5.74) is 9.71. The Labute approximate surface area is 416 Å². The maximum Gasteiger partial charge on any atom is 0.338 e. The van der Waals surface area contributed by atoms with Gasteiger partial charge in [0.15, 0.2) is 31.5 Å². The molecule has 0 saturated carbocycles. The molecule has 6 saturated heterocycles. The summed E-state index contributed by atoms with van der Waals surface area (Å²) in [6.07, 6.45) is -12.4. The van der Waals surface area contributed by atoms with Gasteiger partial charge in [-0.2, -0.15) is 0 Å². The lowest BCUT2D eigenvalue weighted by molar-refractivity contribution is -0.376. The molecular formula is C49H77N3O19. The molecule has 6 aliphatic heterocycles. The lowest BCUT2D eigenvalue weighted by atomic mass is 9.83. The van der Waals surface area contributed by atoms with Crippen LogP contribution in [-0.2, 0) is 80.5 Å². The predicted octanol–water partition coefficient (Wildman–Crippen LogP) is 3.88. The van der Waals surface area contributed by atoms with Crippen molar-refractivity contribution in [2.45, 2.75) is 158 Å². The number of nitrogens with zero attached hydrogens (tertiary/aromatic N) is 3. The van der Waals surface area contributed by atoms with Crippen molar-refractivity contribution in [3.8, 4) is 0 Å². The van der Waals surface area contributed by atoms with Crippen molar-refractivity contribution >= 4 is 5.97 Å². The van der Waals surface area contributed by atoms with Crippen molar-refractivity contribution in [2.24, 2.45) is 40.6 Å².